The molecule has 0 spiro atoms. The van der Waals surface area contributed by atoms with Crippen molar-refractivity contribution in [3.63, 3.8) is 0 Å². The molecule has 2 atom stereocenters. The Bertz CT molecular complexity index is 211. The van der Waals surface area contributed by atoms with Gasteiger partial charge in [0.2, 0.25) is 5.91 Å². The first kappa shape index (κ1) is 11.5. The number of carbonyl (C=O) groups excluding carboxylic acids is 1. The van der Waals surface area contributed by atoms with Crippen LogP contribution in [0.1, 0.15) is 33.1 Å². The lowest BCUT2D eigenvalue weighted by Crippen LogP contribution is -2.50. The second kappa shape index (κ2) is 4.28. The highest BCUT2D eigenvalue weighted by Gasteiger charge is 2.26. The fourth-order valence-corrected chi connectivity index (χ4v) is 1.70. The average Bonchev–Trinajstić information content (AvgIpc) is 2.45. The monoisotopic (exact) mass is 200 g/mol. The van der Waals surface area contributed by atoms with E-state index in [1.807, 2.05) is 0 Å². The van der Waals surface area contributed by atoms with Crippen LogP contribution in [0.15, 0.2) is 0 Å². The topological polar surface area (TPSA) is 75.4 Å². The molecule has 14 heavy (non-hydrogen) atoms. The smallest absolute Gasteiger partial charge is 0.239 e. The van der Waals surface area contributed by atoms with Crippen LogP contribution in [0.4, 0.5) is 0 Å². The summed E-state index contributed by atoms with van der Waals surface area (Å²) in [5, 5.41) is 12.1. The second-order valence-corrected chi connectivity index (χ2v) is 4.76. The molecule has 1 aliphatic rings. The quantitative estimate of drug-likeness (QED) is 0.600. The molecular weight excluding hydrogens is 180 g/mol. The Hall–Kier alpha value is -0.610. The zero-order valence-corrected chi connectivity index (χ0v) is 8.92. The van der Waals surface area contributed by atoms with E-state index in [0.29, 0.717) is 12.5 Å². The molecule has 0 radical (unpaired) electrons. The summed E-state index contributed by atoms with van der Waals surface area (Å²) >= 11 is 0. The van der Waals surface area contributed by atoms with Crippen molar-refractivity contribution in [2.24, 2.45) is 11.7 Å². The number of nitrogens with one attached hydrogen (secondary N) is 1. The van der Waals surface area contributed by atoms with E-state index < -0.39 is 5.54 Å². The van der Waals surface area contributed by atoms with Gasteiger partial charge in [-0.1, -0.05) is 0 Å². The van der Waals surface area contributed by atoms with E-state index in [1.54, 1.807) is 13.8 Å². The summed E-state index contributed by atoms with van der Waals surface area (Å²) in [6.45, 7) is 4.01. The van der Waals surface area contributed by atoms with Gasteiger partial charge in [0.15, 0.2) is 0 Å². The van der Waals surface area contributed by atoms with Crippen LogP contribution in [0.2, 0.25) is 0 Å². The average molecular weight is 200 g/mol. The fraction of sp³-hybridized carbons (Fsp3) is 0.900. The van der Waals surface area contributed by atoms with E-state index >= 15 is 0 Å². The van der Waals surface area contributed by atoms with E-state index in [4.69, 9.17) is 5.73 Å². The Labute approximate surface area is 84.9 Å². The van der Waals surface area contributed by atoms with Gasteiger partial charge in [0.1, 0.15) is 0 Å². The second-order valence-electron chi connectivity index (χ2n) is 4.76. The largest absolute Gasteiger partial charge is 0.393 e. The van der Waals surface area contributed by atoms with Crippen molar-refractivity contribution in [2.75, 3.05) is 6.54 Å². The van der Waals surface area contributed by atoms with Crippen molar-refractivity contribution in [2.45, 2.75) is 44.8 Å². The van der Waals surface area contributed by atoms with E-state index in [9.17, 15) is 9.90 Å². The maximum absolute atomic E-state index is 11.4. The van der Waals surface area contributed by atoms with Gasteiger partial charge < -0.3 is 16.2 Å². The van der Waals surface area contributed by atoms with Crippen LogP contribution in [0.25, 0.3) is 0 Å². The molecule has 1 amide bonds. The summed E-state index contributed by atoms with van der Waals surface area (Å²) in [6, 6.07) is 0. The van der Waals surface area contributed by atoms with Gasteiger partial charge in [0, 0.05) is 6.54 Å². The third-order valence-electron chi connectivity index (χ3n) is 2.65. The molecular formula is C10H20N2O2. The van der Waals surface area contributed by atoms with Gasteiger partial charge in [-0.05, 0) is 39.0 Å². The standard InChI is InChI=1S/C10H20N2O2/c1-10(2,11)9(14)12-6-7-3-4-8(13)5-7/h7-8,13H,3-6,11H2,1-2H3,(H,12,14). The lowest BCUT2D eigenvalue weighted by atomic mass is 10.0. The lowest BCUT2D eigenvalue weighted by Gasteiger charge is -2.19. The van der Waals surface area contributed by atoms with Crippen molar-refractivity contribution in [3.8, 4) is 0 Å². The molecule has 82 valence electrons. The van der Waals surface area contributed by atoms with Gasteiger partial charge in [-0.15, -0.1) is 0 Å². The van der Waals surface area contributed by atoms with Gasteiger partial charge in [-0.3, -0.25) is 4.79 Å². The minimum Gasteiger partial charge on any atom is -0.393 e. The molecule has 0 aromatic rings. The van der Waals surface area contributed by atoms with Crippen molar-refractivity contribution in [1.29, 1.82) is 0 Å². The van der Waals surface area contributed by atoms with Crippen LogP contribution in [-0.4, -0.2) is 29.2 Å². The molecule has 0 heterocycles. The molecule has 1 aliphatic carbocycles. The molecule has 0 aliphatic heterocycles. The zero-order valence-electron chi connectivity index (χ0n) is 8.92. The third kappa shape index (κ3) is 3.27. The first-order chi connectivity index (χ1) is 6.39. The molecule has 1 saturated carbocycles. The Balaban J connectivity index is 2.24. The predicted molar refractivity (Wildman–Crippen MR) is 54.6 cm³/mol. The molecule has 4 heteroatoms. The summed E-state index contributed by atoms with van der Waals surface area (Å²) in [5.74, 6) is 0.287. The number of hydrogen-bond donors (Lipinski definition) is 3. The highest BCUT2D eigenvalue weighted by atomic mass is 16.3. The molecule has 0 aromatic carbocycles. The van der Waals surface area contributed by atoms with Gasteiger partial charge in [-0.25, -0.2) is 0 Å². The van der Waals surface area contributed by atoms with Crippen LogP contribution in [0.5, 0.6) is 0 Å². The fourth-order valence-electron chi connectivity index (χ4n) is 1.70. The zero-order chi connectivity index (χ0) is 10.8. The van der Waals surface area contributed by atoms with Crippen LogP contribution in [-0.2, 0) is 4.79 Å². The van der Waals surface area contributed by atoms with E-state index in [2.05, 4.69) is 5.32 Å². The van der Waals surface area contributed by atoms with Crippen molar-refractivity contribution >= 4 is 5.91 Å². The van der Waals surface area contributed by atoms with Crippen LogP contribution in [0.3, 0.4) is 0 Å². The van der Waals surface area contributed by atoms with Crippen molar-refractivity contribution in [3.05, 3.63) is 0 Å². The minimum absolute atomic E-state index is 0.126. The van der Waals surface area contributed by atoms with Gasteiger partial charge >= 0.3 is 0 Å². The van der Waals surface area contributed by atoms with Crippen molar-refractivity contribution in [1.82, 2.24) is 5.32 Å². The Morgan fingerprint density at radius 1 is 1.57 bits per heavy atom. The number of nitrogens with two attached hydrogens (primary N) is 1. The van der Waals surface area contributed by atoms with Crippen LogP contribution < -0.4 is 11.1 Å². The van der Waals surface area contributed by atoms with Gasteiger partial charge in [0.05, 0.1) is 11.6 Å². The molecule has 0 aromatic heterocycles. The van der Waals surface area contributed by atoms with Crippen LogP contribution >= 0.6 is 0 Å². The first-order valence-electron chi connectivity index (χ1n) is 5.15. The first-order valence-corrected chi connectivity index (χ1v) is 5.15. The number of hydrogen-bond acceptors (Lipinski definition) is 3. The summed E-state index contributed by atoms with van der Waals surface area (Å²) < 4.78 is 0. The molecule has 0 saturated heterocycles. The van der Waals surface area contributed by atoms with Crippen LogP contribution in [0, 0.1) is 5.92 Å². The van der Waals surface area contributed by atoms with Crippen molar-refractivity contribution < 1.29 is 9.90 Å². The molecule has 2 unspecified atom stereocenters. The summed E-state index contributed by atoms with van der Waals surface area (Å²) in [7, 11) is 0. The highest BCUT2D eigenvalue weighted by Crippen LogP contribution is 2.24. The molecule has 1 rings (SSSR count). The number of amides is 1. The summed E-state index contributed by atoms with van der Waals surface area (Å²) in [6.07, 6.45) is 2.47. The number of aliphatic hydroxyl groups is 1. The Kier molecular flexibility index (Phi) is 3.50. The van der Waals surface area contributed by atoms with E-state index in [0.717, 1.165) is 19.3 Å². The van der Waals surface area contributed by atoms with E-state index in [-0.39, 0.29) is 12.0 Å². The molecule has 1 fully saturated rings. The van der Waals surface area contributed by atoms with E-state index in [1.165, 1.54) is 0 Å². The Morgan fingerprint density at radius 2 is 2.21 bits per heavy atom. The van der Waals surface area contributed by atoms with Gasteiger partial charge in [0.25, 0.3) is 0 Å². The number of aliphatic hydroxyl groups excluding tert-OH is 1. The predicted octanol–water partition coefficient (Wildman–Crippen LogP) is 0.000900. The molecule has 4 N–H and O–H groups in total. The summed E-state index contributed by atoms with van der Waals surface area (Å²) in [4.78, 5) is 11.4. The third-order valence-corrected chi connectivity index (χ3v) is 2.65. The minimum atomic E-state index is -0.808. The normalized spacial score (nSPS) is 27.7. The molecule has 4 nitrogen and oxygen atoms in total. The number of rotatable bonds is 3. The maximum atomic E-state index is 11.4. The van der Waals surface area contributed by atoms with Gasteiger partial charge in [-0.2, -0.15) is 0 Å². The Morgan fingerprint density at radius 3 is 2.64 bits per heavy atom. The SMILES string of the molecule is CC(C)(N)C(=O)NCC1CCC(O)C1. The molecule has 0 bridgehead atoms. The summed E-state index contributed by atoms with van der Waals surface area (Å²) in [5.41, 5.74) is 4.82. The maximum Gasteiger partial charge on any atom is 0.239 e. The number of carbonyl (C=O) groups is 1. The highest BCUT2D eigenvalue weighted by molar-refractivity contribution is 5.84. The lowest BCUT2D eigenvalue weighted by molar-refractivity contribution is -0.125.